The molecule has 2 heterocycles. The molecule has 2 saturated heterocycles. The highest BCUT2D eigenvalue weighted by molar-refractivity contribution is 5.85. The molecule has 1 unspecified atom stereocenters. The van der Waals surface area contributed by atoms with Gasteiger partial charge in [0.15, 0.2) is 0 Å². The van der Waals surface area contributed by atoms with Crippen molar-refractivity contribution in [2.24, 2.45) is 5.41 Å². The Kier molecular flexibility index (Phi) is 7.56. The molecule has 1 amide bonds. The van der Waals surface area contributed by atoms with Crippen molar-refractivity contribution in [2.45, 2.75) is 44.8 Å². The van der Waals surface area contributed by atoms with Gasteiger partial charge in [-0.25, -0.2) is 0 Å². The van der Waals surface area contributed by atoms with Gasteiger partial charge < -0.3 is 9.80 Å². The van der Waals surface area contributed by atoms with Crippen LogP contribution in [0.2, 0.25) is 0 Å². The fraction of sp³-hybridized carbons (Fsp3) is 0.480. The van der Waals surface area contributed by atoms with Crippen LogP contribution in [0.4, 0.5) is 13.2 Å². The number of carbonyl (C=O) groups is 1. The molecule has 1 atom stereocenters. The Labute approximate surface area is 194 Å². The number of likely N-dealkylation sites (tertiary alicyclic amines) is 2. The van der Waals surface area contributed by atoms with E-state index in [-0.39, 0.29) is 23.7 Å². The zero-order chi connectivity index (χ0) is 22.1. The summed E-state index contributed by atoms with van der Waals surface area (Å²) in [6.45, 7) is 6.12. The normalized spacial score (nSPS) is 19.8. The van der Waals surface area contributed by atoms with Crippen LogP contribution in [0.15, 0.2) is 54.6 Å². The second-order valence-corrected chi connectivity index (χ2v) is 9.06. The number of hydrogen-bond donors (Lipinski definition) is 0. The maximum absolute atomic E-state index is 13.2. The zero-order valence-corrected chi connectivity index (χ0v) is 19.1. The third-order valence-electron chi connectivity index (χ3n) is 6.97. The Bertz CT molecular complexity index is 894. The van der Waals surface area contributed by atoms with Crippen LogP contribution in [0.1, 0.15) is 48.8 Å². The number of halogens is 4. The molecule has 0 saturated carbocycles. The molecule has 2 fully saturated rings. The minimum Gasteiger partial charge on any atom is -0.338 e. The van der Waals surface area contributed by atoms with Crippen molar-refractivity contribution in [1.29, 1.82) is 0 Å². The predicted molar refractivity (Wildman–Crippen MR) is 122 cm³/mol. The van der Waals surface area contributed by atoms with Gasteiger partial charge in [-0.2, -0.15) is 13.2 Å². The number of benzene rings is 2. The van der Waals surface area contributed by atoms with E-state index in [1.165, 1.54) is 17.7 Å². The van der Waals surface area contributed by atoms with E-state index in [0.717, 1.165) is 56.6 Å². The molecule has 1 spiro atoms. The summed E-state index contributed by atoms with van der Waals surface area (Å²) >= 11 is 0. The van der Waals surface area contributed by atoms with Gasteiger partial charge in [0.05, 0.1) is 11.0 Å². The average molecular weight is 467 g/mol. The van der Waals surface area contributed by atoms with Gasteiger partial charge in [-0.3, -0.25) is 4.79 Å². The molecular weight excluding hydrogens is 437 g/mol. The fourth-order valence-electron chi connectivity index (χ4n) is 4.97. The van der Waals surface area contributed by atoms with Crippen LogP contribution in [-0.2, 0) is 17.5 Å². The van der Waals surface area contributed by atoms with E-state index in [4.69, 9.17) is 0 Å². The third kappa shape index (κ3) is 5.29. The van der Waals surface area contributed by atoms with Gasteiger partial charge in [-0.1, -0.05) is 49.4 Å². The van der Waals surface area contributed by atoms with E-state index in [9.17, 15) is 18.0 Å². The first-order valence-corrected chi connectivity index (χ1v) is 11.0. The number of piperidine rings is 1. The summed E-state index contributed by atoms with van der Waals surface area (Å²) in [6, 6.07) is 15.6. The summed E-state index contributed by atoms with van der Waals surface area (Å²) in [5, 5.41) is 0. The SMILES string of the molecule is CC(CN1CCC2(CC1)CCN(Cc1ccc(C(F)(F)F)cc1)C2=O)c1ccccc1.Cl. The molecule has 32 heavy (non-hydrogen) atoms. The number of carbonyl (C=O) groups excluding carboxylic acids is 1. The molecule has 4 rings (SSSR count). The molecule has 0 bridgehead atoms. The van der Waals surface area contributed by atoms with Gasteiger partial charge in [0.25, 0.3) is 0 Å². The summed E-state index contributed by atoms with van der Waals surface area (Å²) in [4.78, 5) is 17.5. The van der Waals surface area contributed by atoms with Crippen molar-refractivity contribution in [2.75, 3.05) is 26.2 Å². The molecule has 0 aliphatic carbocycles. The molecule has 2 aromatic carbocycles. The van der Waals surface area contributed by atoms with Crippen molar-refractivity contribution >= 4 is 18.3 Å². The number of amides is 1. The highest BCUT2D eigenvalue weighted by Crippen LogP contribution is 2.42. The van der Waals surface area contributed by atoms with Crippen molar-refractivity contribution < 1.29 is 18.0 Å². The van der Waals surface area contributed by atoms with Crippen molar-refractivity contribution in [3.05, 3.63) is 71.3 Å². The highest BCUT2D eigenvalue weighted by Gasteiger charge is 2.48. The van der Waals surface area contributed by atoms with Crippen LogP contribution in [0.5, 0.6) is 0 Å². The largest absolute Gasteiger partial charge is 0.416 e. The third-order valence-corrected chi connectivity index (χ3v) is 6.97. The standard InChI is InChI=1S/C25H29F3N2O.ClH/c1-19(21-5-3-2-4-6-21)17-29-14-11-24(12-15-29)13-16-30(23(24)31)18-20-7-9-22(10-8-20)25(26,27)28;/h2-10,19H,11-18H2,1H3;1H. The van der Waals surface area contributed by atoms with Crippen molar-refractivity contribution in [3.8, 4) is 0 Å². The Hall–Kier alpha value is -2.05. The highest BCUT2D eigenvalue weighted by atomic mass is 35.5. The lowest BCUT2D eigenvalue weighted by Crippen LogP contribution is -2.45. The lowest BCUT2D eigenvalue weighted by molar-refractivity contribution is -0.139. The zero-order valence-electron chi connectivity index (χ0n) is 18.3. The molecule has 2 aliphatic rings. The average Bonchev–Trinajstić information content (AvgIpc) is 3.05. The van der Waals surface area contributed by atoms with Gasteiger partial charge in [0.1, 0.15) is 0 Å². The summed E-state index contributed by atoms with van der Waals surface area (Å²) in [7, 11) is 0. The minimum atomic E-state index is -4.34. The van der Waals surface area contributed by atoms with Crippen molar-refractivity contribution in [1.82, 2.24) is 9.80 Å². The van der Waals surface area contributed by atoms with E-state index in [0.29, 0.717) is 19.0 Å². The van der Waals surface area contributed by atoms with Gasteiger partial charge in [0, 0.05) is 19.6 Å². The van der Waals surface area contributed by atoms with E-state index < -0.39 is 11.7 Å². The lowest BCUT2D eigenvalue weighted by Gasteiger charge is -2.39. The molecule has 2 aliphatic heterocycles. The van der Waals surface area contributed by atoms with Crippen LogP contribution in [0.3, 0.4) is 0 Å². The van der Waals surface area contributed by atoms with E-state index in [1.54, 1.807) is 0 Å². The van der Waals surface area contributed by atoms with Gasteiger partial charge in [-0.15, -0.1) is 12.4 Å². The molecule has 0 aromatic heterocycles. The summed E-state index contributed by atoms with van der Waals surface area (Å²) in [6.07, 6.45) is -1.78. The molecule has 2 aromatic rings. The Balaban J connectivity index is 0.00000289. The molecule has 7 heteroatoms. The fourth-order valence-corrected chi connectivity index (χ4v) is 4.97. The van der Waals surface area contributed by atoms with E-state index in [2.05, 4.69) is 36.1 Å². The van der Waals surface area contributed by atoms with Crippen LogP contribution in [-0.4, -0.2) is 41.9 Å². The quantitative estimate of drug-likeness (QED) is 0.560. The smallest absolute Gasteiger partial charge is 0.338 e. The minimum absolute atomic E-state index is 0. The second kappa shape index (κ2) is 9.84. The summed E-state index contributed by atoms with van der Waals surface area (Å²) in [5.74, 6) is 0.619. The van der Waals surface area contributed by atoms with E-state index in [1.807, 2.05) is 11.0 Å². The summed E-state index contributed by atoms with van der Waals surface area (Å²) in [5.41, 5.74) is 1.13. The van der Waals surface area contributed by atoms with Crippen LogP contribution in [0, 0.1) is 5.41 Å². The Morgan fingerprint density at radius 2 is 1.53 bits per heavy atom. The maximum Gasteiger partial charge on any atom is 0.416 e. The molecular formula is C25H30ClF3N2O. The van der Waals surface area contributed by atoms with Crippen LogP contribution in [0.25, 0.3) is 0 Å². The van der Waals surface area contributed by atoms with Gasteiger partial charge in [0.2, 0.25) is 5.91 Å². The second-order valence-electron chi connectivity index (χ2n) is 9.06. The number of hydrogen-bond acceptors (Lipinski definition) is 2. The van der Waals surface area contributed by atoms with Gasteiger partial charge >= 0.3 is 6.18 Å². The number of rotatable bonds is 5. The number of nitrogens with zero attached hydrogens (tertiary/aromatic N) is 2. The first-order chi connectivity index (χ1) is 14.8. The summed E-state index contributed by atoms with van der Waals surface area (Å²) < 4.78 is 38.3. The topological polar surface area (TPSA) is 23.6 Å². The first kappa shape index (κ1) is 24.6. The first-order valence-electron chi connectivity index (χ1n) is 11.0. The monoisotopic (exact) mass is 466 g/mol. The van der Waals surface area contributed by atoms with E-state index >= 15 is 0 Å². The predicted octanol–water partition coefficient (Wildman–Crippen LogP) is 5.75. The van der Waals surface area contributed by atoms with Crippen LogP contribution >= 0.6 is 12.4 Å². The Morgan fingerprint density at radius 1 is 0.938 bits per heavy atom. The van der Waals surface area contributed by atoms with Crippen molar-refractivity contribution in [3.63, 3.8) is 0 Å². The van der Waals surface area contributed by atoms with Gasteiger partial charge in [-0.05, 0) is 61.5 Å². The molecule has 0 N–H and O–H groups in total. The maximum atomic E-state index is 13.2. The Morgan fingerprint density at radius 3 is 2.12 bits per heavy atom. The van der Waals surface area contributed by atoms with Crippen LogP contribution < -0.4 is 0 Å². The molecule has 174 valence electrons. The molecule has 3 nitrogen and oxygen atoms in total. The molecule has 0 radical (unpaired) electrons. The number of alkyl halides is 3. The lowest BCUT2D eigenvalue weighted by atomic mass is 9.77.